The van der Waals surface area contributed by atoms with Crippen LogP contribution in [0.5, 0.6) is 5.75 Å². The summed E-state index contributed by atoms with van der Waals surface area (Å²) >= 11 is 0. The molecule has 2 N–H and O–H groups in total. The van der Waals surface area contributed by atoms with Crippen molar-refractivity contribution < 1.29 is 5.11 Å². The highest BCUT2D eigenvalue weighted by atomic mass is 16.3. The molecule has 0 bridgehead atoms. The quantitative estimate of drug-likeness (QED) is 0.865. The Bertz CT molecular complexity index is 387. The number of nitrogens with one attached hydrogen (secondary N) is 1. The van der Waals surface area contributed by atoms with Gasteiger partial charge in [0, 0.05) is 12.1 Å². The molecule has 0 heterocycles. The number of rotatable bonds is 4. The summed E-state index contributed by atoms with van der Waals surface area (Å²) < 4.78 is 0. The third-order valence-electron chi connectivity index (χ3n) is 4.60. The van der Waals surface area contributed by atoms with Gasteiger partial charge < -0.3 is 10.4 Å². The van der Waals surface area contributed by atoms with Crippen LogP contribution in [0.25, 0.3) is 0 Å². The zero-order chi connectivity index (χ0) is 13.8. The molecule has 106 valence electrons. The Kier molecular flexibility index (Phi) is 4.87. The predicted molar refractivity (Wildman–Crippen MR) is 80.4 cm³/mol. The summed E-state index contributed by atoms with van der Waals surface area (Å²) in [5.41, 5.74) is 1.29. The van der Waals surface area contributed by atoms with E-state index in [9.17, 15) is 5.11 Å². The Morgan fingerprint density at radius 2 is 1.84 bits per heavy atom. The predicted octanol–water partition coefficient (Wildman–Crippen LogP) is 3.74. The van der Waals surface area contributed by atoms with Gasteiger partial charge in [0.2, 0.25) is 0 Å². The lowest BCUT2D eigenvalue weighted by molar-refractivity contribution is 0.217. The first kappa shape index (κ1) is 14.4. The van der Waals surface area contributed by atoms with Crippen LogP contribution >= 0.6 is 0 Å². The van der Waals surface area contributed by atoms with Crippen LogP contribution in [0.4, 0.5) is 0 Å². The number of hydrogen-bond donors (Lipinski definition) is 2. The molecule has 1 fully saturated rings. The van der Waals surface area contributed by atoms with Gasteiger partial charge in [-0.2, -0.15) is 0 Å². The van der Waals surface area contributed by atoms with E-state index in [0.29, 0.717) is 17.8 Å². The van der Waals surface area contributed by atoms with E-state index in [-0.39, 0.29) is 0 Å². The maximum atomic E-state index is 9.29. The van der Waals surface area contributed by atoms with E-state index in [2.05, 4.69) is 26.1 Å². The molecule has 2 heteroatoms. The summed E-state index contributed by atoms with van der Waals surface area (Å²) in [7, 11) is 0. The van der Waals surface area contributed by atoms with Gasteiger partial charge in [0.1, 0.15) is 5.75 Å². The molecule has 0 aromatic heterocycles. The summed E-state index contributed by atoms with van der Waals surface area (Å²) in [6.45, 7) is 7.01. The lowest BCUT2D eigenvalue weighted by Crippen LogP contribution is -2.41. The lowest BCUT2D eigenvalue weighted by Gasteiger charge is -2.34. The van der Waals surface area contributed by atoms with E-state index in [1.807, 2.05) is 12.1 Å². The van der Waals surface area contributed by atoms with Gasteiger partial charge >= 0.3 is 0 Å². The van der Waals surface area contributed by atoms with Crippen molar-refractivity contribution in [2.24, 2.45) is 11.8 Å². The van der Waals surface area contributed by atoms with Gasteiger partial charge in [-0.15, -0.1) is 0 Å². The van der Waals surface area contributed by atoms with E-state index in [4.69, 9.17) is 0 Å². The highest BCUT2D eigenvalue weighted by Gasteiger charge is 2.25. The summed E-state index contributed by atoms with van der Waals surface area (Å²) in [6.07, 6.45) is 5.00. The Labute approximate surface area is 117 Å². The van der Waals surface area contributed by atoms with Gasteiger partial charge in [-0.3, -0.25) is 0 Å². The molecule has 1 saturated carbocycles. The van der Waals surface area contributed by atoms with Crippen LogP contribution in [0, 0.1) is 11.8 Å². The molecular formula is C17H27NO. The van der Waals surface area contributed by atoms with Crippen LogP contribution < -0.4 is 5.32 Å². The molecule has 0 saturated heterocycles. The summed E-state index contributed by atoms with van der Waals surface area (Å²) in [5.74, 6) is 2.07. The first-order valence-corrected chi connectivity index (χ1v) is 7.58. The Morgan fingerprint density at radius 1 is 1.16 bits per heavy atom. The van der Waals surface area contributed by atoms with Gasteiger partial charge in [0.15, 0.2) is 0 Å². The van der Waals surface area contributed by atoms with Crippen LogP contribution in [-0.2, 0) is 6.42 Å². The largest absolute Gasteiger partial charge is 0.508 e. The normalized spacial score (nSPS) is 29.1. The molecule has 1 aromatic rings. The van der Waals surface area contributed by atoms with E-state index in [1.54, 1.807) is 12.1 Å². The van der Waals surface area contributed by atoms with Crippen LogP contribution in [0.3, 0.4) is 0 Å². The standard InChI is InChI=1S/C17H27NO/c1-12-4-7-16(10-13(12)2)18-14(3)11-15-5-8-17(19)9-6-15/h5-6,8-9,12-14,16,18-19H,4,7,10-11H2,1-3H3. The molecule has 19 heavy (non-hydrogen) atoms. The molecular weight excluding hydrogens is 234 g/mol. The van der Waals surface area contributed by atoms with Gasteiger partial charge in [0.25, 0.3) is 0 Å². The molecule has 4 atom stereocenters. The fraction of sp³-hybridized carbons (Fsp3) is 0.647. The Balaban J connectivity index is 1.81. The van der Waals surface area contributed by atoms with Crippen molar-refractivity contribution in [3.8, 4) is 5.75 Å². The van der Waals surface area contributed by atoms with Crippen molar-refractivity contribution in [3.05, 3.63) is 29.8 Å². The van der Waals surface area contributed by atoms with Crippen molar-refractivity contribution in [3.63, 3.8) is 0 Å². The minimum Gasteiger partial charge on any atom is -0.508 e. The van der Waals surface area contributed by atoms with Crippen molar-refractivity contribution in [2.75, 3.05) is 0 Å². The third kappa shape index (κ3) is 4.24. The number of aromatic hydroxyl groups is 1. The molecule has 1 aliphatic carbocycles. The molecule has 2 rings (SSSR count). The molecule has 1 aliphatic rings. The first-order valence-electron chi connectivity index (χ1n) is 7.58. The molecule has 0 amide bonds. The zero-order valence-corrected chi connectivity index (χ0v) is 12.4. The van der Waals surface area contributed by atoms with Crippen molar-refractivity contribution in [1.29, 1.82) is 0 Å². The van der Waals surface area contributed by atoms with Crippen molar-refractivity contribution in [2.45, 2.75) is 58.5 Å². The molecule has 0 aliphatic heterocycles. The first-order chi connectivity index (χ1) is 9.04. The number of phenols is 1. The fourth-order valence-corrected chi connectivity index (χ4v) is 3.15. The Morgan fingerprint density at radius 3 is 2.47 bits per heavy atom. The highest BCUT2D eigenvalue weighted by Crippen LogP contribution is 2.29. The fourth-order valence-electron chi connectivity index (χ4n) is 3.15. The molecule has 0 spiro atoms. The van der Waals surface area contributed by atoms with Crippen LogP contribution in [0.1, 0.15) is 45.6 Å². The second-order valence-corrected chi connectivity index (χ2v) is 6.40. The molecule has 1 aromatic carbocycles. The van der Waals surface area contributed by atoms with Crippen LogP contribution in [0.15, 0.2) is 24.3 Å². The van der Waals surface area contributed by atoms with Crippen molar-refractivity contribution >= 4 is 0 Å². The topological polar surface area (TPSA) is 32.3 Å². The van der Waals surface area contributed by atoms with E-state index >= 15 is 0 Å². The molecule has 0 radical (unpaired) electrons. The number of phenolic OH excluding ortho intramolecular Hbond substituents is 1. The second kappa shape index (κ2) is 6.42. The van der Waals surface area contributed by atoms with E-state index < -0.39 is 0 Å². The van der Waals surface area contributed by atoms with Gasteiger partial charge in [-0.25, -0.2) is 0 Å². The smallest absolute Gasteiger partial charge is 0.115 e. The third-order valence-corrected chi connectivity index (χ3v) is 4.60. The van der Waals surface area contributed by atoms with Gasteiger partial charge in [0.05, 0.1) is 0 Å². The minimum atomic E-state index is 0.347. The second-order valence-electron chi connectivity index (χ2n) is 6.40. The van der Waals surface area contributed by atoms with Gasteiger partial charge in [-0.05, 0) is 62.1 Å². The number of hydrogen-bond acceptors (Lipinski definition) is 2. The average Bonchev–Trinajstić information content (AvgIpc) is 2.37. The maximum Gasteiger partial charge on any atom is 0.115 e. The number of benzene rings is 1. The Hall–Kier alpha value is -1.02. The van der Waals surface area contributed by atoms with E-state index in [0.717, 1.165) is 18.3 Å². The van der Waals surface area contributed by atoms with Crippen LogP contribution in [0.2, 0.25) is 0 Å². The monoisotopic (exact) mass is 261 g/mol. The molecule has 4 unspecified atom stereocenters. The van der Waals surface area contributed by atoms with Crippen molar-refractivity contribution in [1.82, 2.24) is 5.32 Å². The lowest BCUT2D eigenvalue weighted by atomic mass is 9.79. The highest BCUT2D eigenvalue weighted by molar-refractivity contribution is 5.26. The summed E-state index contributed by atoms with van der Waals surface area (Å²) in [4.78, 5) is 0. The van der Waals surface area contributed by atoms with E-state index in [1.165, 1.54) is 24.8 Å². The van der Waals surface area contributed by atoms with Crippen LogP contribution in [-0.4, -0.2) is 17.2 Å². The minimum absolute atomic E-state index is 0.347. The summed E-state index contributed by atoms with van der Waals surface area (Å²) in [6, 6.07) is 8.74. The maximum absolute atomic E-state index is 9.29. The zero-order valence-electron chi connectivity index (χ0n) is 12.4. The molecule has 2 nitrogen and oxygen atoms in total. The van der Waals surface area contributed by atoms with Gasteiger partial charge in [-0.1, -0.05) is 26.0 Å². The SMILES string of the molecule is CC(Cc1ccc(O)cc1)NC1CCC(C)C(C)C1. The summed E-state index contributed by atoms with van der Waals surface area (Å²) in [5, 5.41) is 13.1. The average molecular weight is 261 g/mol.